The molecule has 7 nitrogen and oxygen atoms in total. The third-order valence-electron chi connectivity index (χ3n) is 4.45. The number of hydrogen-bond acceptors (Lipinski definition) is 5. The van der Waals surface area contributed by atoms with E-state index in [1.54, 1.807) is 6.92 Å². The highest BCUT2D eigenvalue weighted by Crippen LogP contribution is 2.20. The molecular formula is C17H22N4O3. The van der Waals surface area contributed by atoms with Crippen LogP contribution in [0, 0.1) is 12.8 Å². The zero-order valence-corrected chi connectivity index (χ0v) is 13.7. The average Bonchev–Trinajstić information content (AvgIpc) is 3.24. The van der Waals surface area contributed by atoms with Gasteiger partial charge >= 0.3 is 0 Å². The second-order valence-electron chi connectivity index (χ2n) is 6.27. The van der Waals surface area contributed by atoms with E-state index in [4.69, 9.17) is 4.74 Å². The molecule has 0 aromatic carbocycles. The Hall–Kier alpha value is -2.28. The van der Waals surface area contributed by atoms with Gasteiger partial charge in [0.05, 0.1) is 29.9 Å². The summed E-state index contributed by atoms with van der Waals surface area (Å²) in [5.74, 6) is -0.319. The van der Waals surface area contributed by atoms with Crippen LogP contribution in [0.15, 0.2) is 24.7 Å². The van der Waals surface area contributed by atoms with Gasteiger partial charge in [0, 0.05) is 18.8 Å². The summed E-state index contributed by atoms with van der Waals surface area (Å²) in [6, 6.07) is 0.220. The molecule has 7 heteroatoms. The Labute approximate surface area is 140 Å². The fourth-order valence-corrected chi connectivity index (χ4v) is 3.00. The molecule has 0 spiro atoms. The Kier molecular flexibility index (Phi) is 5.20. The largest absolute Gasteiger partial charge is 0.376 e. The Bertz CT molecular complexity index is 638. The molecule has 1 saturated heterocycles. The maximum absolute atomic E-state index is 12.2. The van der Waals surface area contributed by atoms with Crippen LogP contribution in [-0.4, -0.2) is 47.1 Å². The first-order chi connectivity index (χ1) is 11.6. The van der Waals surface area contributed by atoms with Gasteiger partial charge in [-0.3, -0.25) is 9.59 Å². The number of aryl methyl sites for hydroxylation is 1. The Morgan fingerprint density at radius 2 is 2.12 bits per heavy atom. The fraction of sp³-hybridized carbons (Fsp3) is 0.529. The smallest absolute Gasteiger partial charge is 0.254 e. The van der Waals surface area contributed by atoms with Crippen LogP contribution in [0.4, 0.5) is 0 Å². The number of hydrogen-bond donors (Lipinski definition) is 2. The van der Waals surface area contributed by atoms with Crippen LogP contribution in [0.1, 0.15) is 35.3 Å². The standard InChI is InChI=1S/C17H22N4O3/c1-11-15(8-18-10-20-11)17(23)19-7-14-6-12(9-24-14)16(22)21-13-4-2-3-5-13/h2-3,8,10,12-14H,4-7,9H2,1H3,(H,19,23)(H,21,22)/t12-,14-/m0/s1. The second kappa shape index (κ2) is 7.53. The first-order valence-electron chi connectivity index (χ1n) is 8.25. The van der Waals surface area contributed by atoms with Gasteiger partial charge in [0.2, 0.25) is 5.91 Å². The first-order valence-corrected chi connectivity index (χ1v) is 8.25. The van der Waals surface area contributed by atoms with Gasteiger partial charge in [-0.2, -0.15) is 0 Å². The Balaban J connectivity index is 1.43. The zero-order chi connectivity index (χ0) is 16.9. The molecule has 2 amide bonds. The maximum Gasteiger partial charge on any atom is 0.254 e. The fourth-order valence-electron chi connectivity index (χ4n) is 3.00. The molecule has 0 bridgehead atoms. The van der Waals surface area contributed by atoms with Gasteiger partial charge in [0.1, 0.15) is 6.33 Å². The van der Waals surface area contributed by atoms with E-state index in [9.17, 15) is 9.59 Å². The monoisotopic (exact) mass is 330 g/mol. The van der Waals surface area contributed by atoms with Gasteiger partial charge in [-0.15, -0.1) is 0 Å². The highest BCUT2D eigenvalue weighted by molar-refractivity contribution is 5.94. The topological polar surface area (TPSA) is 93.2 Å². The molecule has 1 aromatic rings. The van der Waals surface area contributed by atoms with Crippen molar-refractivity contribution >= 4 is 11.8 Å². The summed E-state index contributed by atoms with van der Waals surface area (Å²) in [6.45, 7) is 2.54. The number of ether oxygens (including phenoxy) is 1. The summed E-state index contributed by atoms with van der Waals surface area (Å²) in [6.07, 6.45) is 9.36. The molecular weight excluding hydrogens is 308 g/mol. The molecule has 128 valence electrons. The third kappa shape index (κ3) is 3.97. The lowest BCUT2D eigenvalue weighted by Crippen LogP contribution is -2.38. The summed E-state index contributed by atoms with van der Waals surface area (Å²) in [4.78, 5) is 32.2. The molecule has 0 radical (unpaired) electrons. The Morgan fingerprint density at radius 1 is 1.33 bits per heavy atom. The highest BCUT2D eigenvalue weighted by atomic mass is 16.5. The molecule has 2 heterocycles. The summed E-state index contributed by atoms with van der Waals surface area (Å²) in [7, 11) is 0. The van der Waals surface area contributed by atoms with Gasteiger partial charge in [-0.05, 0) is 26.2 Å². The number of carbonyl (C=O) groups excluding carboxylic acids is 2. The van der Waals surface area contributed by atoms with Crippen LogP contribution >= 0.6 is 0 Å². The van der Waals surface area contributed by atoms with Crippen molar-refractivity contribution in [3.8, 4) is 0 Å². The van der Waals surface area contributed by atoms with Crippen molar-refractivity contribution in [1.29, 1.82) is 0 Å². The van der Waals surface area contributed by atoms with Gasteiger partial charge in [-0.1, -0.05) is 12.2 Å². The van der Waals surface area contributed by atoms with Crippen molar-refractivity contribution in [3.05, 3.63) is 35.9 Å². The molecule has 1 aliphatic carbocycles. The molecule has 2 N–H and O–H groups in total. The van der Waals surface area contributed by atoms with Crippen LogP contribution in [0.25, 0.3) is 0 Å². The van der Waals surface area contributed by atoms with Crippen molar-refractivity contribution in [3.63, 3.8) is 0 Å². The number of nitrogens with zero attached hydrogens (tertiary/aromatic N) is 2. The number of rotatable bonds is 5. The van der Waals surface area contributed by atoms with Crippen molar-refractivity contribution < 1.29 is 14.3 Å². The predicted molar refractivity (Wildman–Crippen MR) is 87.3 cm³/mol. The van der Waals surface area contributed by atoms with Gasteiger partial charge in [-0.25, -0.2) is 9.97 Å². The molecule has 3 rings (SSSR count). The zero-order valence-electron chi connectivity index (χ0n) is 13.7. The molecule has 0 saturated carbocycles. The van der Waals surface area contributed by atoms with Crippen LogP contribution < -0.4 is 10.6 Å². The van der Waals surface area contributed by atoms with E-state index in [1.807, 2.05) is 0 Å². The van der Waals surface area contributed by atoms with E-state index in [1.165, 1.54) is 12.5 Å². The van der Waals surface area contributed by atoms with E-state index in [0.29, 0.717) is 30.8 Å². The quantitative estimate of drug-likeness (QED) is 0.777. The third-order valence-corrected chi connectivity index (χ3v) is 4.45. The van der Waals surface area contributed by atoms with Crippen LogP contribution in [0.2, 0.25) is 0 Å². The molecule has 1 aliphatic heterocycles. The van der Waals surface area contributed by atoms with Gasteiger partial charge in [0.25, 0.3) is 5.91 Å². The van der Waals surface area contributed by atoms with E-state index >= 15 is 0 Å². The molecule has 1 fully saturated rings. The van der Waals surface area contributed by atoms with Crippen LogP contribution in [0.5, 0.6) is 0 Å². The number of carbonyl (C=O) groups is 2. The molecule has 0 unspecified atom stereocenters. The minimum Gasteiger partial charge on any atom is -0.376 e. The van der Waals surface area contributed by atoms with Crippen molar-refractivity contribution in [2.75, 3.05) is 13.2 Å². The van der Waals surface area contributed by atoms with Crippen molar-refractivity contribution in [2.24, 2.45) is 5.92 Å². The summed E-state index contributed by atoms with van der Waals surface area (Å²) < 4.78 is 5.65. The molecule has 24 heavy (non-hydrogen) atoms. The second-order valence-corrected chi connectivity index (χ2v) is 6.27. The average molecular weight is 330 g/mol. The van der Waals surface area contributed by atoms with Crippen LogP contribution in [-0.2, 0) is 9.53 Å². The SMILES string of the molecule is Cc1ncncc1C(=O)NC[C@@H]1C[C@H](C(=O)NC2CC=CC2)CO1. The van der Waals surface area contributed by atoms with E-state index in [2.05, 4.69) is 32.8 Å². The van der Waals surface area contributed by atoms with Gasteiger partial charge < -0.3 is 15.4 Å². The van der Waals surface area contributed by atoms with E-state index < -0.39 is 0 Å². The first kappa shape index (κ1) is 16.6. The predicted octanol–water partition coefficient (Wildman–Crippen LogP) is 0.755. The van der Waals surface area contributed by atoms with Crippen LogP contribution in [0.3, 0.4) is 0 Å². The number of nitrogens with one attached hydrogen (secondary N) is 2. The number of amides is 2. The summed E-state index contributed by atoms with van der Waals surface area (Å²) in [5, 5.41) is 5.88. The van der Waals surface area contributed by atoms with E-state index in [-0.39, 0.29) is 29.9 Å². The maximum atomic E-state index is 12.2. The lowest BCUT2D eigenvalue weighted by molar-refractivity contribution is -0.125. The molecule has 2 atom stereocenters. The lowest BCUT2D eigenvalue weighted by Gasteiger charge is -2.15. The summed E-state index contributed by atoms with van der Waals surface area (Å²) in [5.41, 5.74) is 1.09. The number of aromatic nitrogens is 2. The van der Waals surface area contributed by atoms with Crippen molar-refractivity contribution in [2.45, 2.75) is 38.3 Å². The van der Waals surface area contributed by atoms with Crippen molar-refractivity contribution in [1.82, 2.24) is 20.6 Å². The van der Waals surface area contributed by atoms with Gasteiger partial charge in [0.15, 0.2) is 0 Å². The minimum absolute atomic E-state index is 0.0461. The lowest BCUT2D eigenvalue weighted by atomic mass is 10.0. The minimum atomic E-state index is -0.221. The molecule has 1 aromatic heterocycles. The van der Waals surface area contributed by atoms with E-state index in [0.717, 1.165) is 12.8 Å². The molecule has 2 aliphatic rings. The summed E-state index contributed by atoms with van der Waals surface area (Å²) >= 11 is 0. The normalized spacial score (nSPS) is 23.4. The Morgan fingerprint density at radius 3 is 2.88 bits per heavy atom. The highest BCUT2D eigenvalue weighted by Gasteiger charge is 2.32.